The topological polar surface area (TPSA) is 24.1 Å². The van der Waals surface area contributed by atoms with Gasteiger partial charge in [0.1, 0.15) is 0 Å². The molecule has 14 heavy (non-hydrogen) atoms. The van der Waals surface area contributed by atoms with Gasteiger partial charge in [-0.3, -0.25) is 0 Å². The molecule has 86 valence electrons. The van der Waals surface area contributed by atoms with E-state index in [2.05, 4.69) is 31.4 Å². The van der Waals surface area contributed by atoms with E-state index in [1.807, 2.05) is 7.05 Å². The maximum absolute atomic E-state index is 3.40. The molecule has 0 aromatic rings. The fourth-order valence-corrected chi connectivity index (χ4v) is 1.58. The first kappa shape index (κ1) is 13.9. The van der Waals surface area contributed by atoms with Crippen LogP contribution < -0.4 is 10.6 Å². The highest BCUT2D eigenvalue weighted by atomic mass is 14.8. The van der Waals surface area contributed by atoms with Crippen molar-refractivity contribution in [2.45, 2.75) is 52.5 Å². The van der Waals surface area contributed by atoms with Crippen molar-refractivity contribution >= 4 is 0 Å². The van der Waals surface area contributed by atoms with Gasteiger partial charge in [0.05, 0.1) is 0 Å². The van der Waals surface area contributed by atoms with Crippen molar-refractivity contribution in [2.75, 3.05) is 20.1 Å². The van der Waals surface area contributed by atoms with Crippen molar-refractivity contribution in [1.29, 1.82) is 0 Å². The highest BCUT2D eigenvalue weighted by molar-refractivity contribution is 4.60. The second-order valence-corrected chi connectivity index (χ2v) is 4.39. The molecule has 2 N–H and O–H groups in total. The predicted octanol–water partition coefficient (Wildman–Crippen LogP) is 2.40. The Morgan fingerprint density at radius 3 is 2.29 bits per heavy atom. The molecule has 2 nitrogen and oxygen atoms in total. The van der Waals surface area contributed by atoms with Gasteiger partial charge in [0, 0.05) is 6.04 Å². The quantitative estimate of drug-likeness (QED) is 0.559. The Morgan fingerprint density at radius 2 is 1.71 bits per heavy atom. The zero-order chi connectivity index (χ0) is 10.8. The van der Waals surface area contributed by atoms with E-state index >= 15 is 0 Å². The predicted molar refractivity (Wildman–Crippen MR) is 64.7 cm³/mol. The minimum Gasteiger partial charge on any atom is -0.317 e. The molecule has 0 spiro atoms. The summed E-state index contributed by atoms with van der Waals surface area (Å²) < 4.78 is 0. The Hall–Kier alpha value is -0.0800. The van der Waals surface area contributed by atoms with E-state index in [4.69, 9.17) is 0 Å². The average molecular weight is 200 g/mol. The van der Waals surface area contributed by atoms with Gasteiger partial charge in [-0.25, -0.2) is 0 Å². The third kappa shape index (κ3) is 8.52. The fraction of sp³-hybridized carbons (Fsp3) is 1.00. The summed E-state index contributed by atoms with van der Waals surface area (Å²) in [5.41, 5.74) is 0. The minimum atomic E-state index is 0.680. The molecular weight excluding hydrogens is 172 g/mol. The molecule has 2 heteroatoms. The average Bonchev–Trinajstić information content (AvgIpc) is 2.21. The Balaban J connectivity index is 3.18. The van der Waals surface area contributed by atoms with E-state index in [1.54, 1.807) is 0 Å². The van der Waals surface area contributed by atoms with Crippen molar-refractivity contribution in [2.24, 2.45) is 5.92 Å². The second-order valence-electron chi connectivity index (χ2n) is 4.39. The molecule has 2 unspecified atom stereocenters. The van der Waals surface area contributed by atoms with Crippen molar-refractivity contribution in [3.05, 3.63) is 0 Å². The molecule has 0 aromatic carbocycles. The monoisotopic (exact) mass is 200 g/mol. The maximum Gasteiger partial charge on any atom is 0.00357 e. The molecule has 0 amide bonds. The Morgan fingerprint density at radius 1 is 1.07 bits per heavy atom. The lowest BCUT2D eigenvalue weighted by Crippen LogP contribution is -2.21. The van der Waals surface area contributed by atoms with Crippen LogP contribution in [0.25, 0.3) is 0 Å². The van der Waals surface area contributed by atoms with Crippen LogP contribution in [0.15, 0.2) is 0 Å². The Labute approximate surface area is 89.9 Å². The van der Waals surface area contributed by atoms with Crippen LogP contribution in [0.4, 0.5) is 0 Å². The molecule has 0 saturated heterocycles. The number of nitrogens with one attached hydrogen (secondary N) is 2. The Bertz CT molecular complexity index is 115. The minimum absolute atomic E-state index is 0.680. The van der Waals surface area contributed by atoms with Gasteiger partial charge in [-0.15, -0.1) is 0 Å². The maximum atomic E-state index is 3.40. The molecule has 0 radical (unpaired) electrons. The van der Waals surface area contributed by atoms with Crippen molar-refractivity contribution in [1.82, 2.24) is 10.6 Å². The highest BCUT2D eigenvalue weighted by Crippen LogP contribution is 2.09. The van der Waals surface area contributed by atoms with E-state index in [1.165, 1.54) is 32.2 Å². The van der Waals surface area contributed by atoms with Gasteiger partial charge < -0.3 is 10.6 Å². The van der Waals surface area contributed by atoms with E-state index in [0.29, 0.717) is 6.04 Å². The molecule has 0 rings (SSSR count). The summed E-state index contributed by atoms with van der Waals surface area (Å²) in [6.07, 6.45) is 5.41. The van der Waals surface area contributed by atoms with Gasteiger partial charge in [0.15, 0.2) is 0 Å². The molecule has 0 aliphatic heterocycles. The van der Waals surface area contributed by atoms with Gasteiger partial charge in [0.25, 0.3) is 0 Å². The van der Waals surface area contributed by atoms with Crippen LogP contribution in [0.5, 0.6) is 0 Å². The fourth-order valence-electron chi connectivity index (χ4n) is 1.58. The van der Waals surface area contributed by atoms with Gasteiger partial charge in [-0.2, -0.15) is 0 Å². The van der Waals surface area contributed by atoms with Crippen LogP contribution >= 0.6 is 0 Å². The van der Waals surface area contributed by atoms with E-state index in [0.717, 1.165) is 12.5 Å². The molecule has 2 atom stereocenters. The number of unbranched alkanes of at least 4 members (excludes halogenated alkanes) is 1. The molecule has 0 saturated carbocycles. The van der Waals surface area contributed by atoms with Crippen LogP contribution in [-0.4, -0.2) is 26.2 Å². The number of rotatable bonds is 9. The standard InChI is InChI=1S/C12H28N2/c1-5-14-10-11(2)8-6-7-9-12(3)13-4/h11-14H,5-10H2,1-4H3. The lowest BCUT2D eigenvalue weighted by molar-refractivity contribution is 0.444. The van der Waals surface area contributed by atoms with Crippen LogP contribution in [0.3, 0.4) is 0 Å². The number of hydrogen-bond acceptors (Lipinski definition) is 2. The van der Waals surface area contributed by atoms with E-state index in [-0.39, 0.29) is 0 Å². The van der Waals surface area contributed by atoms with E-state index < -0.39 is 0 Å². The van der Waals surface area contributed by atoms with Gasteiger partial charge in [-0.1, -0.05) is 26.7 Å². The van der Waals surface area contributed by atoms with Crippen LogP contribution in [-0.2, 0) is 0 Å². The van der Waals surface area contributed by atoms with Crippen molar-refractivity contribution in [3.8, 4) is 0 Å². The first-order valence-corrected chi connectivity index (χ1v) is 6.08. The van der Waals surface area contributed by atoms with Gasteiger partial charge >= 0.3 is 0 Å². The Kier molecular flexibility index (Phi) is 9.42. The molecule has 0 fully saturated rings. The molecule has 0 aliphatic rings. The summed E-state index contributed by atoms with van der Waals surface area (Å²) in [5, 5.41) is 6.67. The van der Waals surface area contributed by atoms with Crippen LogP contribution in [0.1, 0.15) is 46.5 Å². The zero-order valence-electron chi connectivity index (χ0n) is 10.4. The third-order valence-corrected chi connectivity index (χ3v) is 2.82. The third-order valence-electron chi connectivity index (χ3n) is 2.82. The zero-order valence-corrected chi connectivity index (χ0v) is 10.4. The van der Waals surface area contributed by atoms with Crippen molar-refractivity contribution < 1.29 is 0 Å². The van der Waals surface area contributed by atoms with Crippen LogP contribution in [0.2, 0.25) is 0 Å². The summed E-state index contributed by atoms with van der Waals surface area (Å²) >= 11 is 0. The lowest BCUT2D eigenvalue weighted by atomic mass is 10.0. The summed E-state index contributed by atoms with van der Waals surface area (Å²) in [4.78, 5) is 0. The molecule has 0 aromatic heterocycles. The molecule has 0 heterocycles. The first-order chi connectivity index (χ1) is 6.70. The molecule has 0 aliphatic carbocycles. The first-order valence-electron chi connectivity index (χ1n) is 6.08. The smallest absolute Gasteiger partial charge is 0.00357 e. The lowest BCUT2D eigenvalue weighted by Gasteiger charge is -2.13. The van der Waals surface area contributed by atoms with Gasteiger partial charge in [0.2, 0.25) is 0 Å². The molecule has 0 bridgehead atoms. The number of hydrogen-bond donors (Lipinski definition) is 2. The summed E-state index contributed by atoms with van der Waals surface area (Å²) in [6.45, 7) is 9.03. The second kappa shape index (κ2) is 9.47. The summed E-state index contributed by atoms with van der Waals surface area (Å²) in [6, 6.07) is 0.680. The van der Waals surface area contributed by atoms with Crippen LogP contribution in [0, 0.1) is 5.92 Å². The SMILES string of the molecule is CCNCC(C)CCCCC(C)NC. The largest absolute Gasteiger partial charge is 0.317 e. The summed E-state index contributed by atoms with van der Waals surface area (Å²) in [5.74, 6) is 0.833. The normalized spacial score (nSPS) is 15.4. The molecular formula is C12H28N2. The van der Waals surface area contributed by atoms with Crippen molar-refractivity contribution in [3.63, 3.8) is 0 Å². The highest BCUT2D eigenvalue weighted by Gasteiger charge is 2.02. The van der Waals surface area contributed by atoms with E-state index in [9.17, 15) is 0 Å². The van der Waals surface area contributed by atoms with Gasteiger partial charge in [-0.05, 0) is 45.8 Å². The summed E-state index contributed by atoms with van der Waals surface area (Å²) in [7, 11) is 2.04.